The smallest absolute Gasteiger partial charge is 0.344 e. The average Bonchev–Trinajstić information content (AvgIpc) is 2.20. The van der Waals surface area contributed by atoms with Crippen LogP contribution in [0.4, 0.5) is 0 Å². The lowest BCUT2D eigenvalue weighted by atomic mass is 10.0. The highest BCUT2D eigenvalue weighted by atomic mass is 16.5. The molecule has 0 bridgehead atoms. The number of ether oxygens (including phenoxy) is 1. The molecule has 3 heteroatoms. The van der Waals surface area contributed by atoms with Crippen LogP contribution in [-0.2, 0) is 4.79 Å². The molecule has 0 aliphatic rings. The first-order valence-corrected chi connectivity index (χ1v) is 5.41. The van der Waals surface area contributed by atoms with Crippen molar-refractivity contribution in [3.63, 3.8) is 0 Å². The van der Waals surface area contributed by atoms with Crippen molar-refractivity contribution in [1.29, 1.82) is 0 Å². The molecule has 1 aromatic carbocycles. The molecule has 1 atom stereocenters. The maximum atomic E-state index is 10.7. The Morgan fingerprint density at radius 1 is 1.31 bits per heavy atom. The Labute approximate surface area is 96.1 Å². The first-order chi connectivity index (χ1) is 7.41. The van der Waals surface area contributed by atoms with Crippen LogP contribution in [0.1, 0.15) is 37.8 Å². The lowest BCUT2D eigenvalue weighted by Gasteiger charge is -2.14. The summed E-state index contributed by atoms with van der Waals surface area (Å²) in [6, 6.07) is 5.85. The first-order valence-electron chi connectivity index (χ1n) is 5.41. The molecule has 88 valence electrons. The normalized spacial score (nSPS) is 12.6. The summed E-state index contributed by atoms with van der Waals surface area (Å²) in [7, 11) is 0. The zero-order chi connectivity index (χ0) is 12.3. The van der Waals surface area contributed by atoms with Crippen molar-refractivity contribution in [2.45, 2.75) is 39.7 Å². The van der Waals surface area contributed by atoms with E-state index in [1.807, 2.05) is 25.1 Å². The van der Waals surface area contributed by atoms with Crippen molar-refractivity contribution in [2.24, 2.45) is 0 Å². The highest BCUT2D eigenvalue weighted by Crippen LogP contribution is 2.24. The van der Waals surface area contributed by atoms with Crippen molar-refractivity contribution in [3.05, 3.63) is 29.3 Å². The lowest BCUT2D eigenvalue weighted by Crippen LogP contribution is -2.23. The molecule has 0 amide bonds. The summed E-state index contributed by atoms with van der Waals surface area (Å²) in [5.41, 5.74) is 2.20. The minimum atomic E-state index is -0.952. The van der Waals surface area contributed by atoms with Gasteiger partial charge in [0.15, 0.2) is 6.10 Å². The monoisotopic (exact) mass is 222 g/mol. The molecule has 0 saturated heterocycles. The molecule has 0 aliphatic heterocycles. The van der Waals surface area contributed by atoms with Gasteiger partial charge in [0.2, 0.25) is 0 Å². The summed E-state index contributed by atoms with van der Waals surface area (Å²) in [5, 5.41) is 8.75. The molecule has 0 spiro atoms. The van der Waals surface area contributed by atoms with Crippen LogP contribution in [0.2, 0.25) is 0 Å². The molecule has 0 fully saturated rings. The zero-order valence-electron chi connectivity index (χ0n) is 10.2. The van der Waals surface area contributed by atoms with Gasteiger partial charge in [0, 0.05) is 0 Å². The molecule has 1 aromatic rings. The lowest BCUT2D eigenvalue weighted by molar-refractivity contribution is -0.144. The maximum Gasteiger partial charge on any atom is 0.344 e. The summed E-state index contributed by atoms with van der Waals surface area (Å²) in [5.74, 6) is 0.149. The van der Waals surface area contributed by atoms with Crippen molar-refractivity contribution < 1.29 is 14.6 Å². The molecule has 0 saturated carbocycles. The van der Waals surface area contributed by atoms with Crippen molar-refractivity contribution in [3.8, 4) is 5.75 Å². The summed E-state index contributed by atoms with van der Waals surface area (Å²) in [6.45, 7) is 7.69. The molecular weight excluding hydrogens is 204 g/mol. The van der Waals surface area contributed by atoms with Gasteiger partial charge in [0.25, 0.3) is 0 Å². The molecule has 0 unspecified atom stereocenters. The van der Waals surface area contributed by atoms with E-state index in [4.69, 9.17) is 9.84 Å². The van der Waals surface area contributed by atoms with Crippen molar-refractivity contribution >= 4 is 5.97 Å². The molecule has 16 heavy (non-hydrogen) atoms. The van der Waals surface area contributed by atoms with Crippen molar-refractivity contribution in [2.75, 3.05) is 0 Å². The number of carbonyl (C=O) groups is 1. The van der Waals surface area contributed by atoms with Gasteiger partial charge in [0.05, 0.1) is 0 Å². The largest absolute Gasteiger partial charge is 0.479 e. The molecule has 1 N–H and O–H groups in total. The molecule has 0 aliphatic carbocycles. The highest BCUT2D eigenvalue weighted by Gasteiger charge is 2.14. The fraction of sp³-hybridized carbons (Fsp3) is 0.462. The molecule has 1 rings (SSSR count). The van der Waals surface area contributed by atoms with Crippen LogP contribution in [0.25, 0.3) is 0 Å². The van der Waals surface area contributed by atoms with Crippen LogP contribution in [-0.4, -0.2) is 17.2 Å². The SMILES string of the molecule is Cc1cc(C(C)C)ccc1O[C@H](C)C(=O)O. The van der Waals surface area contributed by atoms with Gasteiger partial charge in [-0.25, -0.2) is 4.79 Å². The van der Waals surface area contributed by atoms with Crippen LogP contribution in [0, 0.1) is 6.92 Å². The first kappa shape index (κ1) is 12.6. The van der Waals surface area contributed by atoms with Crippen LogP contribution >= 0.6 is 0 Å². The Balaban J connectivity index is 2.87. The number of hydrogen-bond acceptors (Lipinski definition) is 2. The summed E-state index contributed by atoms with van der Waals surface area (Å²) in [6.07, 6.45) is -0.816. The van der Waals surface area contributed by atoms with Gasteiger partial charge in [-0.2, -0.15) is 0 Å². The minimum Gasteiger partial charge on any atom is -0.479 e. The number of hydrogen-bond donors (Lipinski definition) is 1. The fourth-order valence-corrected chi connectivity index (χ4v) is 1.40. The van der Waals surface area contributed by atoms with E-state index >= 15 is 0 Å². The second kappa shape index (κ2) is 5.01. The van der Waals surface area contributed by atoms with Crippen LogP contribution < -0.4 is 4.74 Å². The Morgan fingerprint density at radius 3 is 2.38 bits per heavy atom. The number of carboxylic acids is 1. The summed E-state index contributed by atoms with van der Waals surface area (Å²) in [4.78, 5) is 10.7. The minimum absolute atomic E-state index is 0.463. The molecule has 0 radical (unpaired) electrons. The third-order valence-electron chi connectivity index (χ3n) is 2.52. The summed E-state index contributed by atoms with van der Waals surface area (Å²) >= 11 is 0. The molecular formula is C13H18O3. The predicted molar refractivity (Wildman–Crippen MR) is 63.0 cm³/mol. The standard InChI is InChI=1S/C13H18O3/c1-8(2)11-5-6-12(9(3)7-11)16-10(4)13(14)15/h5-8,10H,1-4H3,(H,14,15)/t10-/m1/s1. The fourth-order valence-electron chi connectivity index (χ4n) is 1.40. The third-order valence-corrected chi connectivity index (χ3v) is 2.52. The van der Waals surface area contributed by atoms with Gasteiger partial charge in [-0.3, -0.25) is 0 Å². The number of rotatable bonds is 4. The Morgan fingerprint density at radius 2 is 1.94 bits per heavy atom. The second-order valence-electron chi connectivity index (χ2n) is 4.28. The Hall–Kier alpha value is -1.51. The number of aryl methyl sites for hydroxylation is 1. The van der Waals surface area contributed by atoms with E-state index < -0.39 is 12.1 Å². The van der Waals surface area contributed by atoms with E-state index in [9.17, 15) is 4.79 Å². The number of aliphatic carboxylic acids is 1. The van der Waals surface area contributed by atoms with Crippen LogP contribution in [0.3, 0.4) is 0 Å². The van der Waals surface area contributed by atoms with Gasteiger partial charge in [-0.1, -0.05) is 26.0 Å². The number of carboxylic acid groups (broad SMARTS) is 1. The molecule has 0 heterocycles. The summed E-state index contributed by atoms with van der Waals surface area (Å²) < 4.78 is 5.34. The topological polar surface area (TPSA) is 46.5 Å². The van der Waals surface area contributed by atoms with Crippen LogP contribution in [0.15, 0.2) is 18.2 Å². The van der Waals surface area contributed by atoms with Gasteiger partial charge in [0.1, 0.15) is 5.75 Å². The molecule has 0 aromatic heterocycles. The van der Waals surface area contributed by atoms with E-state index in [-0.39, 0.29) is 0 Å². The van der Waals surface area contributed by atoms with Crippen LogP contribution in [0.5, 0.6) is 5.75 Å². The van der Waals surface area contributed by atoms with Crippen molar-refractivity contribution in [1.82, 2.24) is 0 Å². The third kappa shape index (κ3) is 2.99. The van der Waals surface area contributed by atoms with E-state index in [1.54, 1.807) is 0 Å². The predicted octanol–water partition coefficient (Wildman–Crippen LogP) is 2.97. The Kier molecular flexibility index (Phi) is 3.93. The second-order valence-corrected chi connectivity index (χ2v) is 4.28. The van der Waals surface area contributed by atoms with Gasteiger partial charge < -0.3 is 9.84 Å². The van der Waals surface area contributed by atoms with E-state index in [1.165, 1.54) is 12.5 Å². The Bertz CT molecular complexity index is 383. The zero-order valence-corrected chi connectivity index (χ0v) is 10.2. The van der Waals surface area contributed by atoms with Gasteiger partial charge in [-0.05, 0) is 37.0 Å². The quantitative estimate of drug-likeness (QED) is 0.851. The van der Waals surface area contributed by atoms with E-state index in [2.05, 4.69) is 13.8 Å². The average molecular weight is 222 g/mol. The number of benzene rings is 1. The van der Waals surface area contributed by atoms with E-state index in [0.717, 1.165) is 5.56 Å². The molecule has 3 nitrogen and oxygen atoms in total. The van der Waals surface area contributed by atoms with Gasteiger partial charge in [-0.15, -0.1) is 0 Å². The van der Waals surface area contributed by atoms with E-state index in [0.29, 0.717) is 11.7 Å². The highest BCUT2D eigenvalue weighted by molar-refractivity contribution is 5.72. The van der Waals surface area contributed by atoms with Gasteiger partial charge >= 0.3 is 5.97 Å². The maximum absolute atomic E-state index is 10.7.